The molecule has 6 heteroatoms. The second-order valence-corrected chi connectivity index (χ2v) is 5.23. The highest BCUT2D eigenvalue weighted by molar-refractivity contribution is 5.77. The zero-order valence-corrected chi connectivity index (χ0v) is 13.0. The minimum absolute atomic E-state index is 0.0660. The van der Waals surface area contributed by atoms with E-state index in [4.69, 9.17) is 5.11 Å². The van der Waals surface area contributed by atoms with Crippen LogP contribution in [0.2, 0.25) is 0 Å². The monoisotopic (exact) mass is 287 g/mol. The lowest BCUT2D eigenvalue weighted by molar-refractivity contribution is -0.139. The number of carbonyl (C=O) groups is 2. The summed E-state index contributed by atoms with van der Waals surface area (Å²) in [5.74, 6) is -0.353. The summed E-state index contributed by atoms with van der Waals surface area (Å²) >= 11 is 0. The zero-order valence-electron chi connectivity index (χ0n) is 13.0. The van der Waals surface area contributed by atoms with Crippen LogP contribution in [-0.2, 0) is 4.79 Å². The van der Waals surface area contributed by atoms with Crippen LogP contribution in [0.5, 0.6) is 0 Å². The SMILES string of the molecule is CCCC(CC)CC(C)NC(=O)NCC(NC)C(=O)O. The predicted octanol–water partition coefficient (Wildman–Crippen LogP) is 1.56. The van der Waals surface area contributed by atoms with Crippen LogP contribution in [-0.4, -0.2) is 42.8 Å². The van der Waals surface area contributed by atoms with Gasteiger partial charge in [0.15, 0.2) is 0 Å². The number of amides is 2. The van der Waals surface area contributed by atoms with Gasteiger partial charge in [-0.3, -0.25) is 4.79 Å². The highest BCUT2D eigenvalue weighted by atomic mass is 16.4. The zero-order chi connectivity index (χ0) is 15.5. The lowest BCUT2D eigenvalue weighted by atomic mass is 9.93. The van der Waals surface area contributed by atoms with E-state index >= 15 is 0 Å². The number of aliphatic carboxylic acids is 1. The molecule has 6 nitrogen and oxygen atoms in total. The Morgan fingerprint density at radius 3 is 2.35 bits per heavy atom. The molecule has 0 aromatic heterocycles. The summed E-state index contributed by atoms with van der Waals surface area (Å²) in [5, 5.41) is 16.9. The number of hydrogen-bond acceptors (Lipinski definition) is 3. The number of hydrogen-bond donors (Lipinski definition) is 4. The first-order valence-electron chi connectivity index (χ1n) is 7.38. The van der Waals surface area contributed by atoms with Crippen molar-refractivity contribution < 1.29 is 14.7 Å². The molecule has 0 spiro atoms. The van der Waals surface area contributed by atoms with Crippen molar-refractivity contribution in [1.29, 1.82) is 0 Å². The predicted molar refractivity (Wildman–Crippen MR) is 79.8 cm³/mol. The van der Waals surface area contributed by atoms with E-state index < -0.39 is 12.0 Å². The van der Waals surface area contributed by atoms with Crippen LogP contribution in [0, 0.1) is 5.92 Å². The largest absolute Gasteiger partial charge is 0.480 e. The Bertz CT molecular complexity index is 297. The molecule has 0 aliphatic rings. The molecule has 0 fully saturated rings. The Morgan fingerprint density at radius 2 is 1.90 bits per heavy atom. The summed E-state index contributed by atoms with van der Waals surface area (Å²) in [6.45, 7) is 6.37. The standard InChI is InChI=1S/C14H29N3O3/c1-5-7-11(6-2)8-10(3)17-14(20)16-9-12(15-4)13(18)19/h10-12,15H,5-9H2,1-4H3,(H,18,19)(H2,16,17,20). The maximum atomic E-state index is 11.7. The summed E-state index contributed by atoms with van der Waals surface area (Å²) in [4.78, 5) is 22.5. The van der Waals surface area contributed by atoms with Gasteiger partial charge < -0.3 is 21.1 Å². The van der Waals surface area contributed by atoms with Crippen LogP contribution in [0.15, 0.2) is 0 Å². The van der Waals surface area contributed by atoms with E-state index in [-0.39, 0.29) is 18.6 Å². The first kappa shape index (κ1) is 18.7. The highest BCUT2D eigenvalue weighted by Crippen LogP contribution is 2.16. The van der Waals surface area contributed by atoms with E-state index in [1.54, 1.807) is 7.05 Å². The van der Waals surface area contributed by atoms with Gasteiger partial charge in [0.25, 0.3) is 0 Å². The summed E-state index contributed by atoms with van der Waals surface area (Å²) in [6.07, 6.45) is 4.39. The second kappa shape index (κ2) is 10.5. The van der Waals surface area contributed by atoms with Gasteiger partial charge in [0.1, 0.15) is 6.04 Å². The Morgan fingerprint density at radius 1 is 1.25 bits per heavy atom. The number of urea groups is 1. The molecule has 2 amide bonds. The van der Waals surface area contributed by atoms with Crippen molar-refractivity contribution in [2.75, 3.05) is 13.6 Å². The third kappa shape index (κ3) is 7.99. The van der Waals surface area contributed by atoms with E-state index in [0.29, 0.717) is 5.92 Å². The lowest BCUT2D eigenvalue weighted by Crippen LogP contribution is -2.49. The average Bonchev–Trinajstić information content (AvgIpc) is 2.38. The fraction of sp³-hybridized carbons (Fsp3) is 0.857. The van der Waals surface area contributed by atoms with Crippen LogP contribution in [0.4, 0.5) is 4.79 Å². The van der Waals surface area contributed by atoms with Crippen molar-refractivity contribution in [3.8, 4) is 0 Å². The minimum atomic E-state index is -0.977. The van der Waals surface area contributed by atoms with Gasteiger partial charge in [-0.15, -0.1) is 0 Å². The number of carbonyl (C=O) groups excluding carboxylic acids is 1. The molecule has 3 atom stereocenters. The van der Waals surface area contributed by atoms with Crippen molar-refractivity contribution in [2.45, 2.75) is 58.5 Å². The van der Waals surface area contributed by atoms with Gasteiger partial charge in [0.05, 0.1) is 0 Å². The molecule has 20 heavy (non-hydrogen) atoms. The quantitative estimate of drug-likeness (QED) is 0.491. The molecule has 0 aromatic rings. The first-order chi connectivity index (χ1) is 9.44. The van der Waals surface area contributed by atoms with Crippen molar-refractivity contribution in [3.05, 3.63) is 0 Å². The maximum absolute atomic E-state index is 11.7. The van der Waals surface area contributed by atoms with Gasteiger partial charge in [-0.2, -0.15) is 0 Å². The number of carboxylic acids is 1. The Kier molecular flexibility index (Phi) is 9.80. The molecule has 0 rings (SSSR count). The third-order valence-corrected chi connectivity index (χ3v) is 3.45. The Hall–Kier alpha value is -1.30. The van der Waals surface area contributed by atoms with Gasteiger partial charge in [0, 0.05) is 12.6 Å². The van der Waals surface area contributed by atoms with Gasteiger partial charge in [-0.1, -0.05) is 33.1 Å². The molecule has 4 N–H and O–H groups in total. The van der Waals surface area contributed by atoms with Crippen LogP contribution in [0.1, 0.15) is 46.5 Å². The molecule has 118 valence electrons. The molecule has 0 aromatic carbocycles. The second-order valence-electron chi connectivity index (χ2n) is 5.23. The topological polar surface area (TPSA) is 90.5 Å². The molecule has 0 aliphatic carbocycles. The maximum Gasteiger partial charge on any atom is 0.322 e. The van der Waals surface area contributed by atoms with Crippen molar-refractivity contribution >= 4 is 12.0 Å². The van der Waals surface area contributed by atoms with Gasteiger partial charge in [-0.05, 0) is 26.3 Å². The summed E-state index contributed by atoms with van der Waals surface area (Å²) in [5.41, 5.74) is 0. The molecule has 3 unspecified atom stereocenters. The van der Waals surface area contributed by atoms with Gasteiger partial charge in [-0.25, -0.2) is 4.79 Å². The molecule has 0 heterocycles. The number of nitrogens with one attached hydrogen (secondary N) is 3. The first-order valence-corrected chi connectivity index (χ1v) is 7.38. The molecular weight excluding hydrogens is 258 g/mol. The Balaban J connectivity index is 4.03. The fourth-order valence-corrected chi connectivity index (χ4v) is 2.24. The molecule has 0 aliphatic heterocycles. The van der Waals surface area contributed by atoms with Gasteiger partial charge >= 0.3 is 12.0 Å². The molecule has 0 bridgehead atoms. The van der Waals surface area contributed by atoms with E-state index in [2.05, 4.69) is 29.8 Å². The van der Waals surface area contributed by atoms with Crippen molar-refractivity contribution in [1.82, 2.24) is 16.0 Å². The average molecular weight is 287 g/mol. The normalized spacial score (nSPS) is 15.2. The number of likely N-dealkylation sites (N-methyl/N-ethyl adjacent to an activating group) is 1. The van der Waals surface area contributed by atoms with Crippen LogP contribution >= 0.6 is 0 Å². The fourth-order valence-electron chi connectivity index (χ4n) is 2.24. The lowest BCUT2D eigenvalue weighted by Gasteiger charge is -2.21. The van der Waals surface area contributed by atoms with Gasteiger partial charge in [0.2, 0.25) is 0 Å². The van der Waals surface area contributed by atoms with E-state index in [9.17, 15) is 9.59 Å². The smallest absolute Gasteiger partial charge is 0.322 e. The van der Waals surface area contributed by atoms with E-state index in [1.165, 1.54) is 6.42 Å². The van der Waals surface area contributed by atoms with E-state index in [1.807, 2.05) is 6.92 Å². The van der Waals surface area contributed by atoms with Crippen LogP contribution in [0.25, 0.3) is 0 Å². The molecular formula is C14H29N3O3. The van der Waals surface area contributed by atoms with Crippen LogP contribution in [0.3, 0.4) is 0 Å². The summed E-state index contributed by atoms with van der Waals surface area (Å²) < 4.78 is 0. The summed E-state index contributed by atoms with van der Waals surface area (Å²) in [6, 6.07) is -0.991. The van der Waals surface area contributed by atoms with Crippen molar-refractivity contribution in [2.24, 2.45) is 5.92 Å². The Labute approximate surface area is 121 Å². The molecule has 0 saturated heterocycles. The summed E-state index contributed by atoms with van der Waals surface area (Å²) in [7, 11) is 1.55. The third-order valence-electron chi connectivity index (χ3n) is 3.45. The van der Waals surface area contributed by atoms with Crippen molar-refractivity contribution in [3.63, 3.8) is 0 Å². The van der Waals surface area contributed by atoms with E-state index in [0.717, 1.165) is 19.3 Å². The minimum Gasteiger partial charge on any atom is -0.480 e. The highest BCUT2D eigenvalue weighted by Gasteiger charge is 2.17. The number of carboxylic acid groups (broad SMARTS) is 1. The molecule has 0 radical (unpaired) electrons. The molecule has 0 saturated carbocycles. The number of rotatable bonds is 10. The van der Waals surface area contributed by atoms with Crippen LogP contribution < -0.4 is 16.0 Å².